The summed E-state index contributed by atoms with van der Waals surface area (Å²) >= 11 is 0. The third kappa shape index (κ3) is 2.71. The number of nitrogens with one attached hydrogen (secondary N) is 1. The van der Waals surface area contributed by atoms with Crippen LogP contribution in [-0.4, -0.2) is 23.5 Å². The first kappa shape index (κ1) is 13.9. The molecule has 22 heavy (non-hydrogen) atoms. The number of hydrazone groups is 1. The fourth-order valence-electron chi connectivity index (χ4n) is 2.08. The van der Waals surface area contributed by atoms with Crippen molar-refractivity contribution in [1.29, 1.82) is 0 Å². The van der Waals surface area contributed by atoms with Gasteiger partial charge in [-0.1, -0.05) is 12.1 Å². The Morgan fingerprint density at radius 1 is 1.18 bits per heavy atom. The van der Waals surface area contributed by atoms with Crippen LogP contribution in [0.25, 0.3) is 0 Å². The highest BCUT2D eigenvalue weighted by Crippen LogP contribution is 2.32. The van der Waals surface area contributed by atoms with Crippen molar-refractivity contribution in [2.24, 2.45) is 5.10 Å². The lowest BCUT2D eigenvalue weighted by Crippen LogP contribution is -2.19. The Labute approximate surface area is 127 Å². The summed E-state index contributed by atoms with van der Waals surface area (Å²) in [6, 6.07) is 11.7. The number of hydrogen-bond acceptors (Lipinski definition) is 5. The lowest BCUT2D eigenvalue weighted by Gasteiger charge is -2.05. The monoisotopic (exact) mass is 298 g/mol. The number of hydrogen-bond donors (Lipinski definition) is 2. The van der Waals surface area contributed by atoms with Crippen molar-refractivity contribution in [3.05, 3.63) is 53.6 Å². The van der Waals surface area contributed by atoms with Crippen LogP contribution in [0, 0.1) is 0 Å². The molecule has 0 spiro atoms. The Morgan fingerprint density at radius 3 is 2.77 bits per heavy atom. The van der Waals surface area contributed by atoms with Crippen molar-refractivity contribution in [3.8, 4) is 17.2 Å². The summed E-state index contributed by atoms with van der Waals surface area (Å²) in [6.07, 6.45) is 0. The lowest BCUT2D eigenvalue weighted by atomic mass is 10.1. The van der Waals surface area contributed by atoms with Gasteiger partial charge in [-0.25, -0.2) is 5.43 Å². The number of ether oxygens (including phenoxy) is 2. The van der Waals surface area contributed by atoms with Crippen LogP contribution in [0.4, 0.5) is 0 Å². The van der Waals surface area contributed by atoms with E-state index in [0.29, 0.717) is 28.3 Å². The van der Waals surface area contributed by atoms with E-state index in [-0.39, 0.29) is 18.4 Å². The molecular formula is C16H14N2O4. The maximum atomic E-state index is 12.1. The van der Waals surface area contributed by atoms with E-state index in [4.69, 9.17) is 9.47 Å². The number of aromatic hydroxyl groups is 1. The molecule has 0 atom stereocenters. The first-order valence-electron chi connectivity index (χ1n) is 6.68. The van der Waals surface area contributed by atoms with Gasteiger partial charge in [0, 0.05) is 11.1 Å². The van der Waals surface area contributed by atoms with Gasteiger partial charge in [-0.2, -0.15) is 5.10 Å². The molecule has 0 saturated heterocycles. The number of benzene rings is 2. The number of carbonyl (C=O) groups excluding carboxylic acids is 1. The molecule has 0 radical (unpaired) electrons. The minimum atomic E-state index is -0.368. The minimum absolute atomic E-state index is 0.112. The average Bonchev–Trinajstić information content (AvgIpc) is 3.00. The molecule has 112 valence electrons. The molecule has 2 N–H and O–H groups in total. The molecular weight excluding hydrogens is 284 g/mol. The van der Waals surface area contributed by atoms with Crippen LogP contribution >= 0.6 is 0 Å². The third-order valence-electron chi connectivity index (χ3n) is 3.25. The number of para-hydroxylation sites is 1. The number of rotatable bonds is 3. The molecule has 0 aliphatic carbocycles. The highest BCUT2D eigenvalue weighted by Gasteiger charge is 2.16. The largest absolute Gasteiger partial charge is 0.507 e. The van der Waals surface area contributed by atoms with E-state index in [0.717, 1.165) is 0 Å². The molecule has 2 aromatic carbocycles. The molecule has 2 aromatic rings. The summed E-state index contributed by atoms with van der Waals surface area (Å²) in [4.78, 5) is 12.1. The van der Waals surface area contributed by atoms with Crippen molar-refractivity contribution in [3.63, 3.8) is 0 Å². The van der Waals surface area contributed by atoms with Crippen LogP contribution in [0.5, 0.6) is 17.2 Å². The number of phenols is 1. The van der Waals surface area contributed by atoms with Gasteiger partial charge >= 0.3 is 0 Å². The normalized spacial score (nSPS) is 13.0. The van der Waals surface area contributed by atoms with Crippen LogP contribution < -0.4 is 14.9 Å². The topological polar surface area (TPSA) is 80.2 Å². The van der Waals surface area contributed by atoms with Gasteiger partial charge in [-0.15, -0.1) is 0 Å². The standard InChI is InChI=1S/C16H14N2O4/c1-10(12-4-2-3-5-13(12)19)17-18-16(20)11-6-7-14-15(8-11)22-9-21-14/h2-8,19H,9H2,1H3,(H,18,20)/b17-10-. The van der Waals surface area contributed by atoms with Gasteiger partial charge in [0.2, 0.25) is 6.79 Å². The van der Waals surface area contributed by atoms with Crippen molar-refractivity contribution >= 4 is 11.6 Å². The maximum Gasteiger partial charge on any atom is 0.271 e. The van der Waals surface area contributed by atoms with Crippen molar-refractivity contribution in [2.45, 2.75) is 6.92 Å². The zero-order chi connectivity index (χ0) is 15.5. The second kappa shape index (κ2) is 5.77. The van der Waals surface area contributed by atoms with E-state index in [1.165, 1.54) is 0 Å². The highest BCUT2D eigenvalue weighted by molar-refractivity contribution is 6.02. The van der Waals surface area contributed by atoms with Crippen LogP contribution in [0.3, 0.4) is 0 Å². The van der Waals surface area contributed by atoms with E-state index < -0.39 is 0 Å². The van der Waals surface area contributed by atoms with E-state index >= 15 is 0 Å². The summed E-state index contributed by atoms with van der Waals surface area (Å²) in [5, 5.41) is 13.8. The van der Waals surface area contributed by atoms with Crippen LogP contribution in [-0.2, 0) is 0 Å². The Morgan fingerprint density at radius 2 is 1.95 bits per heavy atom. The number of phenolic OH excluding ortho intramolecular Hbond substituents is 1. The molecule has 0 fully saturated rings. The second-order valence-electron chi connectivity index (χ2n) is 4.72. The molecule has 0 unspecified atom stereocenters. The number of nitrogens with zero attached hydrogens (tertiary/aromatic N) is 1. The Hall–Kier alpha value is -3.02. The van der Waals surface area contributed by atoms with Crippen LogP contribution in [0.2, 0.25) is 0 Å². The van der Waals surface area contributed by atoms with Crippen LogP contribution in [0.1, 0.15) is 22.8 Å². The van der Waals surface area contributed by atoms with E-state index in [9.17, 15) is 9.90 Å². The summed E-state index contributed by atoms with van der Waals surface area (Å²) < 4.78 is 10.4. The quantitative estimate of drug-likeness (QED) is 0.673. The molecule has 0 saturated carbocycles. The summed E-state index contributed by atoms with van der Waals surface area (Å²) in [5.41, 5.74) is 3.94. The minimum Gasteiger partial charge on any atom is -0.507 e. The maximum absolute atomic E-state index is 12.1. The molecule has 1 aliphatic rings. The van der Waals surface area contributed by atoms with Gasteiger partial charge in [0.1, 0.15) is 5.75 Å². The number of carbonyl (C=O) groups is 1. The molecule has 3 rings (SSSR count). The van der Waals surface area contributed by atoms with Gasteiger partial charge < -0.3 is 14.6 Å². The molecule has 6 heteroatoms. The van der Waals surface area contributed by atoms with E-state index in [1.54, 1.807) is 49.4 Å². The van der Waals surface area contributed by atoms with Crippen molar-refractivity contribution in [2.75, 3.05) is 6.79 Å². The van der Waals surface area contributed by atoms with Gasteiger partial charge in [-0.3, -0.25) is 4.79 Å². The fourth-order valence-corrected chi connectivity index (χ4v) is 2.08. The average molecular weight is 298 g/mol. The number of amides is 1. The molecule has 0 bridgehead atoms. The van der Waals surface area contributed by atoms with Crippen LogP contribution in [0.15, 0.2) is 47.6 Å². The SMILES string of the molecule is C/C(=N/NC(=O)c1ccc2c(c1)OCO2)c1ccccc1O. The Kier molecular flexibility index (Phi) is 3.65. The zero-order valence-electron chi connectivity index (χ0n) is 11.9. The molecule has 0 aromatic heterocycles. The summed E-state index contributed by atoms with van der Waals surface area (Å²) in [5.74, 6) is 0.897. The first-order chi connectivity index (χ1) is 10.6. The lowest BCUT2D eigenvalue weighted by molar-refractivity contribution is 0.0954. The van der Waals surface area contributed by atoms with E-state index in [2.05, 4.69) is 10.5 Å². The molecule has 1 amide bonds. The second-order valence-corrected chi connectivity index (χ2v) is 4.72. The molecule has 1 heterocycles. The van der Waals surface area contributed by atoms with Crippen molar-refractivity contribution < 1.29 is 19.4 Å². The zero-order valence-corrected chi connectivity index (χ0v) is 11.9. The molecule has 1 aliphatic heterocycles. The third-order valence-corrected chi connectivity index (χ3v) is 3.25. The fraction of sp³-hybridized carbons (Fsp3) is 0.125. The van der Waals surface area contributed by atoms with Gasteiger partial charge in [0.15, 0.2) is 11.5 Å². The van der Waals surface area contributed by atoms with Gasteiger partial charge in [-0.05, 0) is 37.3 Å². The summed E-state index contributed by atoms with van der Waals surface area (Å²) in [7, 11) is 0. The van der Waals surface area contributed by atoms with E-state index in [1.807, 2.05) is 0 Å². The number of fused-ring (bicyclic) bond motifs is 1. The summed E-state index contributed by atoms with van der Waals surface area (Å²) in [6.45, 7) is 1.86. The van der Waals surface area contributed by atoms with Crippen molar-refractivity contribution in [1.82, 2.24) is 5.43 Å². The van der Waals surface area contributed by atoms with Gasteiger partial charge in [0.25, 0.3) is 5.91 Å². The molecule has 6 nitrogen and oxygen atoms in total. The first-order valence-corrected chi connectivity index (χ1v) is 6.68. The van der Waals surface area contributed by atoms with Gasteiger partial charge in [0.05, 0.1) is 5.71 Å². The Balaban J connectivity index is 1.74. The predicted molar refractivity (Wildman–Crippen MR) is 80.3 cm³/mol. The Bertz CT molecular complexity index is 756. The highest BCUT2D eigenvalue weighted by atomic mass is 16.7. The smallest absolute Gasteiger partial charge is 0.271 e. The predicted octanol–water partition coefficient (Wildman–Crippen LogP) is 2.27.